The molecule has 0 saturated carbocycles. The third kappa shape index (κ3) is 2.93. The zero-order chi connectivity index (χ0) is 20.1. The Morgan fingerprint density at radius 1 is 1.07 bits per heavy atom. The van der Waals surface area contributed by atoms with Crippen LogP contribution in [0.15, 0.2) is 40.9 Å². The summed E-state index contributed by atoms with van der Waals surface area (Å²) < 4.78 is 0.954. The molecule has 2 heterocycles. The van der Waals surface area contributed by atoms with Crippen molar-refractivity contribution in [2.24, 2.45) is 17.4 Å². The summed E-state index contributed by atoms with van der Waals surface area (Å²) in [5.41, 5.74) is 15.9. The second-order valence-corrected chi connectivity index (χ2v) is 8.60. The summed E-state index contributed by atoms with van der Waals surface area (Å²) in [6.07, 6.45) is 0.794. The van der Waals surface area contributed by atoms with Gasteiger partial charge in [0.05, 0.1) is 22.4 Å². The van der Waals surface area contributed by atoms with Gasteiger partial charge in [0.15, 0.2) is 0 Å². The van der Waals surface area contributed by atoms with Crippen molar-refractivity contribution in [3.05, 3.63) is 57.3 Å². The van der Waals surface area contributed by atoms with Crippen LogP contribution < -0.4 is 11.5 Å². The molecule has 2 aromatic carbocycles. The Morgan fingerprint density at radius 2 is 1.64 bits per heavy atom. The van der Waals surface area contributed by atoms with Crippen LogP contribution in [0.5, 0.6) is 0 Å². The molecule has 28 heavy (non-hydrogen) atoms. The van der Waals surface area contributed by atoms with E-state index in [1.54, 1.807) is 0 Å². The number of aromatic nitrogens is 4. The summed E-state index contributed by atoms with van der Waals surface area (Å²) >= 11 is 9.83. The van der Waals surface area contributed by atoms with E-state index in [0.717, 1.165) is 44.1 Å². The van der Waals surface area contributed by atoms with Crippen molar-refractivity contribution in [1.29, 1.82) is 0 Å². The highest BCUT2D eigenvalue weighted by molar-refractivity contribution is 9.10. The van der Waals surface area contributed by atoms with Crippen molar-refractivity contribution in [3.8, 4) is 0 Å². The first-order chi connectivity index (χ1) is 13.4. The number of hydrogen-bond donors (Lipinski definition) is 4. The van der Waals surface area contributed by atoms with Gasteiger partial charge in [0.25, 0.3) is 0 Å². The number of aromatic amines is 2. The summed E-state index contributed by atoms with van der Waals surface area (Å²) in [4.78, 5) is 0. The number of H-pyrrole nitrogens is 2. The van der Waals surface area contributed by atoms with Gasteiger partial charge in [-0.3, -0.25) is 10.2 Å². The van der Waals surface area contributed by atoms with E-state index >= 15 is 0 Å². The second kappa shape index (κ2) is 7.15. The minimum absolute atomic E-state index is 0.109. The predicted octanol–water partition coefficient (Wildman–Crippen LogP) is 4.43. The molecule has 2 aromatic heterocycles. The van der Waals surface area contributed by atoms with Crippen LogP contribution in [0.2, 0.25) is 5.02 Å². The van der Waals surface area contributed by atoms with Gasteiger partial charge in [0, 0.05) is 32.2 Å². The van der Waals surface area contributed by atoms with Crippen LogP contribution in [-0.2, 0) is 5.54 Å². The van der Waals surface area contributed by atoms with Crippen molar-refractivity contribution in [1.82, 2.24) is 20.4 Å². The molecule has 4 aromatic rings. The Hall–Kier alpha value is -1.93. The van der Waals surface area contributed by atoms with E-state index in [1.807, 2.05) is 36.4 Å². The summed E-state index contributed by atoms with van der Waals surface area (Å²) in [6.45, 7) is 4.13. The second-order valence-electron chi connectivity index (χ2n) is 7.25. The van der Waals surface area contributed by atoms with Gasteiger partial charge in [-0.25, -0.2) is 0 Å². The topological polar surface area (TPSA) is 109 Å². The maximum Gasteiger partial charge on any atom is 0.105 e. The first-order valence-electron chi connectivity index (χ1n) is 9.19. The van der Waals surface area contributed by atoms with Crippen LogP contribution in [0, 0.1) is 5.92 Å². The van der Waals surface area contributed by atoms with E-state index in [9.17, 15) is 0 Å². The molecule has 6 N–H and O–H groups in total. The fourth-order valence-corrected chi connectivity index (χ4v) is 4.40. The van der Waals surface area contributed by atoms with Gasteiger partial charge in [-0.05, 0) is 42.8 Å². The van der Waals surface area contributed by atoms with Crippen LogP contribution in [-0.4, -0.2) is 26.4 Å². The van der Waals surface area contributed by atoms with Gasteiger partial charge >= 0.3 is 0 Å². The highest BCUT2D eigenvalue weighted by atomic mass is 79.9. The molecule has 0 aliphatic rings. The maximum absolute atomic E-state index is 7.20. The fourth-order valence-electron chi connectivity index (χ4n) is 3.87. The Labute approximate surface area is 176 Å². The molecule has 0 aliphatic carbocycles. The number of halogens is 2. The SMILES string of the molecule is CCC(N)C(C)C(N)(c1[nH]nc2ccc(Cl)cc12)c1[nH]nc2ccc(Br)cc12. The van der Waals surface area contributed by atoms with Crippen molar-refractivity contribution < 1.29 is 0 Å². The molecule has 0 radical (unpaired) electrons. The molecule has 146 valence electrons. The summed E-state index contributed by atoms with van der Waals surface area (Å²) in [5.74, 6) is -0.109. The molecule has 6 nitrogen and oxygen atoms in total. The third-order valence-corrected chi connectivity index (χ3v) is 6.42. The lowest BCUT2D eigenvalue weighted by atomic mass is 9.74. The molecular weight excluding hydrogens is 440 g/mol. The van der Waals surface area contributed by atoms with Gasteiger partial charge in [-0.1, -0.05) is 41.4 Å². The molecule has 3 atom stereocenters. The molecular formula is C20H22BrClN6. The van der Waals surface area contributed by atoms with E-state index < -0.39 is 5.54 Å². The Balaban J connectivity index is 2.04. The molecule has 0 spiro atoms. The summed E-state index contributed by atoms with van der Waals surface area (Å²) in [5, 5.41) is 17.7. The number of benzene rings is 2. The minimum Gasteiger partial charge on any atom is -0.327 e. The lowest BCUT2D eigenvalue weighted by molar-refractivity contribution is 0.284. The maximum atomic E-state index is 7.20. The zero-order valence-corrected chi connectivity index (χ0v) is 18.0. The van der Waals surface area contributed by atoms with E-state index in [2.05, 4.69) is 50.2 Å². The Bertz CT molecular complexity index is 1070. The zero-order valence-electron chi connectivity index (χ0n) is 15.6. The first kappa shape index (κ1) is 19.4. The van der Waals surface area contributed by atoms with Crippen LogP contribution in [0.1, 0.15) is 31.7 Å². The molecule has 0 aliphatic heterocycles. The van der Waals surface area contributed by atoms with Gasteiger partial charge in [-0.2, -0.15) is 10.2 Å². The average molecular weight is 462 g/mol. The van der Waals surface area contributed by atoms with Gasteiger partial charge < -0.3 is 11.5 Å². The Kier molecular flexibility index (Phi) is 4.95. The molecule has 0 bridgehead atoms. The average Bonchev–Trinajstić information content (AvgIpc) is 3.30. The van der Waals surface area contributed by atoms with Crippen molar-refractivity contribution in [3.63, 3.8) is 0 Å². The van der Waals surface area contributed by atoms with E-state index in [1.165, 1.54) is 0 Å². The number of nitrogens with zero attached hydrogens (tertiary/aromatic N) is 2. The summed E-state index contributed by atoms with van der Waals surface area (Å²) in [7, 11) is 0. The first-order valence-corrected chi connectivity index (χ1v) is 10.4. The molecule has 4 rings (SSSR count). The highest BCUT2D eigenvalue weighted by Gasteiger charge is 2.43. The monoisotopic (exact) mass is 460 g/mol. The minimum atomic E-state index is -0.968. The van der Waals surface area contributed by atoms with Crippen LogP contribution in [0.4, 0.5) is 0 Å². The highest BCUT2D eigenvalue weighted by Crippen LogP contribution is 2.41. The van der Waals surface area contributed by atoms with Gasteiger partial charge in [0.2, 0.25) is 0 Å². The smallest absolute Gasteiger partial charge is 0.105 e. The lowest BCUT2D eigenvalue weighted by Crippen LogP contribution is -2.51. The van der Waals surface area contributed by atoms with Crippen LogP contribution in [0.25, 0.3) is 21.8 Å². The largest absolute Gasteiger partial charge is 0.327 e. The van der Waals surface area contributed by atoms with Gasteiger partial charge in [0.1, 0.15) is 5.54 Å². The normalized spacial score (nSPS) is 16.4. The van der Waals surface area contributed by atoms with E-state index in [4.69, 9.17) is 23.1 Å². The molecule has 3 unspecified atom stereocenters. The number of fused-ring (bicyclic) bond motifs is 2. The fraction of sp³-hybridized carbons (Fsp3) is 0.300. The number of nitrogens with one attached hydrogen (secondary N) is 2. The van der Waals surface area contributed by atoms with E-state index in [0.29, 0.717) is 5.02 Å². The van der Waals surface area contributed by atoms with Gasteiger partial charge in [-0.15, -0.1) is 0 Å². The van der Waals surface area contributed by atoms with E-state index in [-0.39, 0.29) is 12.0 Å². The standard InChI is InChI=1S/C20H22BrClN6/c1-3-15(23)10(2)20(24,18-13-8-11(21)4-6-16(13)25-27-18)19-14-9-12(22)5-7-17(14)26-28-19/h4-10,15H,3,23-24H2,1-2H3,(H,25,27)(H,26,28). The summed E-state index contributed by atoms with van der Waals surface area (Å²) in [6, 6.07) is 11.4. The molecule has 0 saturated heterocycles. The molecule has 0 fully saturated rings. The molecule has 8 heteroatoms. The van der Waals surface area contributed by atoms with Crippen molar-refractivity contribution in [2.75, 3.05) is 0 Å². The Morgan fingerprint density at radius 3 is 2.25 bits per heavy atom. The van der Waals surface area contributed by atoms with Crippen LogP contribution >= 0.6 is 27.5 Å². The van der Waals surface area contributed by atoms with Crippen LogP contribution in [0.3, 0.4) is 0 Å². The number of nitrogens with two attached hydrogens (primary N) is 2. The van der Waals surface area contributed by atoms with Crippen molar-refractivity contribution >= 4 is 49.3 Å². The quantitative estimate of drug-likeness (QED) is 0.352. The number of rotatable bonds is 5. The van der Waals surface area contributed by atoms with Crippen molar-refractivity contribution in [2.45, 2.75) is 31.8 Å². The predicted molar refractivity (Wildman–Crippen MR) is 117 cm³/mol. The lowest BCUT2D eigenvalue weighted by Gasteiger charge is -2.37. The third-order valence-electron chi connectivity index (χ3n) is 5.69. The molecule has 0 amide bonds. The number of hydrogen-bond acceptors (Lipinski definition) is 4.